The lowest BCUT2D eigenvalue weighted by atomic mass is 9.82. The van der Waals surface area contributed by atoms with Crippen LogP contribution in [0.3, 0.4) is 0 Å². The fraction of sp³-hybridized carbons (Fsp3) is 0.810. The van der Waals surface area contributed by atoms with Crippen LogP contribution >= 0.6 is 7.26 Å². The third-order valence-corrected chi connectivity index (χ3v) is 6.54. The van der Waals surface area contributed by atoms with E-state index in [1.165, 1.54) is 6.92 Å². The van der Waals surface area contributed by atoms with Gasteiger partial charge in [0.15, 0.2) is 0 Å². The molecule has 0 aliphatic carbocycles. The Hall–Kier alpha value is -1.73. The highest BCUT2D eigenvalue weighted by Gasteiger charge is 2.29. The van der Waals surface area contributed by atoms with E-state index in [2.05, 4.69) is 20.0 Å². The Morgan fingerprint density at radius 2 is 1.32 bits per heavy atom. The van der Waals surface area contributed by atoms with E-state index in [-0.39, 0.29) is 39.1 Å². The maximum Gasteiger partial charge on any atom is 0.309 e. The van der Waals surface area contributed by atoms with Crippen LogP contribution in [0.15, 0.2) is 0 Å². The van der Waals surface area contributed by atoms with Gasteiger partial charge in [-0.15, -0.1) is 0 Å². The highest BCUT2D eigenvalue weighted by atomic mass is 31.2. The second-order valence-electron chi connectivity index (χ2n) is 8.82. The summed E-state index contributed by atoms with van der Waals surface area (Å²) in [6.45, 7) is 9.22. The molecule has 0 aromatic heterocycles. The van der Waals surface area contributed by atoms with Gasteiger partial charge in [0.2, 0.25) is 0 Å². The van der Waals surface area contributed by atoms with E-state index < -0.39 is 54.8 Å². The predicted octanol–water partition coefficient (Wildman–Crippen LogP) is -0.463. The zero-order chi connectivity index (χ0) is 24.2. The summed E-state index contributed by atoms with van der Waals surface area (Å²) in [7, 11) is -1.12. The largest absolute Gasteiger partial charge is 0.550 e. The fourth-order valence-electron chi connectivity index (χ4n) is 3.04. The third-order valence-electron chi connectivity index (χ3n) is 5.01. The Morgan fingerprint density at radius 1 is 0.839 bits per heavy atom. The summed E-state index contributed by atoms with van der Waals surface area (Å²) in [6, 6.07) is 0. The molecule has 0 amide bonds. The fourth-order valence-corrected chi connectivity index (χ4v) is 3.68. The molecule has 1 N–H and O–H groups in total. The summed E-state index contributed by atoms with van der Waals surface area (Å²) in [5, 5.41) is 31.9. The predicted molar refractivity (Wildman–Crippen MR) is 112 cm³/mol. The van der Waals surface area contributed by atoms with Gasteiger partial charge in [0.25, 0.3) is 0 Å². The number of carbonyl (C=O) groups excluding carboxylic acids is 4. The number of hydrogen-bond donors (Lipinski definition) is 1. The standard InChI is InChI=1S/C21H37O9P/c1-6-15(21(28)30-9-10-31(3,4)5)12-17(19(25)26)13-16(18(23)24)11-14(2)20(27)29-8-7-22/h14-17,22H,6-13H2,1-5H3,(H-,23,24,25,26)/p-1. The molecular formula is C21H36O9P-. The Morgan fingerprint density at radius 3 is 1.77 bits per heavy atom. The molecule has 0 saturated carbocycles. The van der Waals surface area contributed by atoms with Crippen LogP contribution in [0.5, 0.6) is 0 Å². The minimum atomic E-state index is -1.49. The van der Waals surface area contributed by atoms with Crippen molar-refractivity contribution < 1.29 is 44.0 Å². The van der Waals surface area contributed by atoms with Crippen molar-refractivity contribution in [3.63, 3.8) is 0 Å². The van der Waals surface area contributed by atoms with Gasteiger partial charge in [-0.25, -0.2) is 0 Å². The molecular weight excluding hydrogens is 427 g/mol. The first-order valence-electron chi connectivity index (χ1n) is 10.5. The molecule has 0 spiro atoms. The lowest BCUT2D eigenvalue weighted by Crippen LogP contribution is -2.40. The van der Waals surface area contributed by atoms with Crippen LogP contribution in [0.2, 0.25) is 0 Å². The molecule has 9 nitrogen and oxygen atoms in total. The number of ether oxygens (including phenoxy) is 2. The van der Waals surface area contributed by atoms with Gasteiger partial charge in [-0.1, -0.05) is 13.8 Å². The number of aliphatic hydroxyl groups excluding tert-OH is 1. The first kappa shape index (κ1) is 29.3. The first-order valence-corrected chi connectivity index (χ1v) is 13.8. The van der Waals surface area contributed by atoms with Crippen LogP contribution in [-0.2, 0) is 28.7 Å². The molecule has 180 valence electrons. The molecule has 0 aromatic rings. The number of carboxylic acid groups (broad SMARTS) is 2. The summed E-state index contributed by atoms with van der Waals surface area (Å²) < 4.78 is 10.1. The van der Waals surface area contributed by atoms with Crippen molar-refractivity contribution in [3.05, 3.63) is 0 Å². The summed E-state index contributed by atoms with van der Waals surface area (Å²) in [4.78, 5) is 47.4. The normalized spacial score (nSPS) is 15.4. The van der Waals surface area contributed by atoms with Crippen LogP contribution in [0, 0.1) is 23.7 Å². The molecule has 0 aliphatic heterocycles. The van der Waals surface area contributed by atoms with Gasteiger partial charge in [0, 0.05) is 39.2 Å². The maximum atomic E-state index is 12.4. The molecule has 4 unspecified atom stereocenters. The summed E-state index contributed by atoms with van der Waals surface area (Å²) in [6.07, 6.45) is 0.463. The average molecular weight is 463 g/mol. The molecule has 0 heterocycles. The molecule has 0 bridgehead atoms. The van der Waals surface area contributed by atoms with Gasteiger partial charge >= 0.3 is 11.9 Å². The molecule has 4 atom stereocenters. The summed E-state index contributed by atoms with van der Waals surface area (Å²) in [5.41, 5.74) is 0. The van der Waals surface area contributed by atoms with Crippen molar-refractivity contribution in [2.45, 2.75) is 39.5 Å². The smallest absolute Gasteiger partial charge is 0.309 e. The first-order chi connectivity index (χ1) is 14.3. The quantitative estimate of drug-likeness (QED) is 0.236. The number of rotatable bonds is 16. The Kier molecular flexibility index (Phi) is 13.6. The van der Waals surface area contributed by atoms with Crippen LogP contribution in [-0.4, -0.2) is 75.0 Å². The van der Waals surface area contributed by atoms with Crippen molar-refractivity contribution in [2.75, 3.05) is 46.0 Å². The number of aliphatic hydroxyl groups is 1. The van der Waals surface area contributed by atoms with Crippen LogP contribution in [0.4, 0.5) is 0 Å². The second kappa shape index (κ2) is 14.4. The SMILES string of the molecule is CCC(CC(CC(CC(C)C(=O)OCCO)C(=O)[O-])C(=O)[O-])C(=O)OCC[P+](C)(C)C. The average Bonchev–Trinajstić information content (AvgIpc) is 2.66. The van der Waals surface area contributed by atoms with Gasteiger partial charge in [-0.3, -0.25) is 9.59 Å². The van der Waals surface area contributed by atoms with Crippen molar-refractivity contribution >= 4 is 31.1 Å². The molecule has 0 fully saturated rings. The number of hydrogen-bond acceptors (Lipinski definition) is 9. The van der Waals surface area contributed by atoms with E-state index in [1.807, 2.05) is 0 Å². The van der Waals surface area contributed by atoms with Gasteiger partial charge < -0.3 is 34.4 Å². The van der Waals surface area contributed by atoms with E-state index in [4.69, 9.17) is 14.6 Å². The van der Waals surface area contributed by atoms with E-state index in [0.29, 0.717) is 6.42 Å². The molecule has 0 aliphatic rings. The zero-order valence-corrected chi connectivity index (χ0v) is 20.0. The number of esters is 2. The Balaban J connectivity index is 5.07. The van der Waals surface area contributed by atoms with Crippen LogP contribution in [0.25, 0.3) is 0 Å². The lowest BCUT2D eigenvalue weighted by Gasteiger charge is -2.28. The van der Waals surface area contributed by atoms with Crippen LogP contribution in [0.1, 0.15) is 39.5 Å². The molecule has 0 rings (SSSR count). The topological polar surface area (TPSA) is 153 Å². The van der Waals surface area contributed by atoms with Crippen molar-refractivity contribution in [2.24, 2.45) is 23.7 Å². The van der Waals surface area contributed by atoms with Gasteiger partial charge in [0.05, 0.1) is 24.6 Å². The van der Waals surface area contributed by atoms with E-state index in [0.717, 1.165) is 6.16 Å². The van der Waals surface area contributed by atoms with Gasteiger partial charge in [0.1, 0.15) is 13.2 Å². The zero-order valence-electron chi connectivity index (χ0n) is 19.1. The Labute approximate surface area is 184 Å². The molecule has 0 aromatic carbocycles. The minimum Gasteiger partial charge on any atom is -0.550 e. The monoisotopic (exact) mass is 463 g/mol. The number of carboxylic acids is 2. The minimum absolute atomic E-state index is 0.116. The summed E-state index contributed by atoms with van der Waals surface area (Å²) in [5.74, 6) is -8.13. The lowest BCUT2D eigenvalue weighted by molar-refractivity contribution is -0.316. The van der Waals surface area contributed by atoms with Crippen LogP contribution < -0.4 is 10.2 Å². The van der Waals surface area contributed by atoms with Crippen molar-refractivity contribution in [1.29, 1.82) is 0 Å². The van der Waals surface area contributed by atoms with Crippen molar-refractivity contribution in [1.82, 2.24) is 0 Å². The number of aliphatic carboxylic acids is 2. The highest BCUT2D eigenvalue weighted by molar-refractivity contribution is 7.73. The van der Waals surface area contributed by atoms with E-state index in [9.17, 15) is 29.4 Å². The highest BCUT2D eigenvalue weighted by Crippen LogP contribution is 2.45. The van der Waals surface area contributed by atoms with E-state index >= 15 is 0 Å². The third kappa shape index (κ3) is 12.7. The van der Waals surface area contributed by atoms with Gasteiger partial charge in [-0.05, 0) is 37.5 Å². The molecule has 0 saturated heterocycles. The maximum absolute atomic E-state index is 12.4. The second-order valence-corrected chi connectivity index (χ2v) is 13.8. The molecule has 31 heavy (non-hydrogen) atoms. The van der Waals surface area contributed by atoms with Gasteiger partial charge in [-0.2, -0.15) is 0 Å². The number of carbonyl (C=O) groups is 4. The molecule has 0 radical (unpaired) electrons. The van der Waals surface area contributed by atoms with E-state index in [1.54, 1.807) is 6.92 Å². The Bertz CT molecular complexity index is 600. The summed E-state index contributed by atoms with van der Waals surface area (Å²) >= 11 is 0. The van der Waals surface area contributed by atoms with Crippen molar-refractivity contribution in [3.8, 4) is 0 Å². The molecule has 10 heteroatoms.